The van der Waals surface area contributed by atoms with Gasteiger partial charge in [-0.1, -0.05) is 36.4 Å². The third-order valence-electron chi connectivity index (χ3n) is 3.77. The standard InChI is InChI=1S/C18H18O2/c1-13-10-15-8-5-9-16(15)18(11-13)20-12-17(19)14-6-3-2-4-7-14/h2-4,6-7,10-11H,5,8-9,12H2,1H3. The number of carbonyl (C=O) groups is 1. The molecule has 20 heavy (non-hydrogen) atoms. The average Bonchev–Trinajstić information content (AvgIpc) is 2.93. The maximum absolute atomic E-state index is 12.1. The number of Topliss-reactive ketones (excluding diaryl/α,β-unsaturated/α-hetero) is 1. The first-order valence-corrected chi connectivity index (χ1v) is 7.07. The average molecular weight is 266 g/mol. The van der Waals surface area contributed by atoms with Gasteiger partial charge in [0.25, 0.3) is 0 Å². The SMILES string of the molecule is Cc1cc2c(c(OCC(=O)c3ccccc3)c1)CCC2. The number of hydrogen-bond acceptors (Lipinski definition) is 2. The van der Waals surface area contributed by atoms with Crippen molar-refractivity contribution in [3.05, 3.63) is 64.7 Å². The molecule has 0 heterocycles. The molecule has 1 aliphatic rings. The molecule has 0 aromatic heterocycles. The summed E-state index contributed by atoms with van der Waals surface area (Å²) in [6.45, 7) is 2.18. The quantitative estimate of drug-likeness (QED) is 0.788. The van der Waals surface area contributed by atoms with E-state index in [0.717, 1.165) is 18.6 Å². The van der Waals surface area contributed by atoms with Crippen LogP contribution in [0.25, 0.3) is 0 Å². The number of carbonyl (C=O) groups excluding carboxylic acids is 1. The first-order chi connectivity index (χ1) is 9.74. The van der Waals surface area contributed by atoms with Crippen molar-refractivity contribution in [1.29, 1.82) is 0 Å². The van der Waals surface area contributed by atoms with Crippen molar-refractivity contribution in [1.82, 2.24) is 0 Å². The first-order valence-electron chi connectivity index (χ1n) is 7.07. The third kappa shape index (κ3) is 2.60. The molecule has 102 valence electrons. The summed E-state index contributed by atoms with van der Waals surface area (Å²) in [5.41, 5.74) is 4.58. The third-order valence-corrected chi connectivity index (χ3v) is 3.77. The second-order valence-corrected chi connectivity index (χ2v) is 5.33. The minimum Gasteiger partial charge on any atom is -0.485 e. The molecule has 0 bridgehead atoms. The van der Waals surface area contributed by atoms with Gasteiger partial charge >= 0.3 is 0 Å². The molecule has 0 spiro atoms. The van der Waals surface area contributed by atoms with E-state index < -0.39 is 0 Å². The molecule has 0 unspecified atom stereocenters. The molecule has 0 radical (unpaired) electrons. The van der Waals surface area contributed by atoms with Crippen LogP contribution in [0.1, 0.15) is 33.5 Å². The summed E-state index contributed by atoms with van der Waals surface area (Å²) in [6, 6.07) is 13.6. The lowest BCUT2D eigenvalue weighted by Gasteiger charge is -2.11. The Morgan fingerprint density at radius 3 is 2.75 bits per heavy atom. The summed E-state index contributed by atoms with van der Waals surface area (Å²) >= 11 is 0. The molecule has 2 nitrogen and oxygen atoms in total. The summed E-state index contributed by atoms with van der Waals surface area (Å²) in [4.78, 5) is 12.1. The number of ketones is 1. The molecule has 0 amide bonds. The van der Waals surface area contributed by atoms with Crippen LogP contribution in [-0.2, 0) is 12.8 Å². The van der Waals surface area contributed by atoms with E-state index in [4.69, 9.17) is 4.74 Å². The predicted molar refractivity (Wildman–Crippen MR) is 79.5 cm³/mol. The Labute approximate surface area is 119 Å². The van der Waals surface area contributed by atoms with Gasteiger partial charge in [-0.2, -0.15) is 0 Å². The topological polar surface area (TPSA) is 26.3 Å². The fourth-order valence-corrected chi connectivity index (χ4v) is 2.80. The zero-order chi connectivity index (χ0) is 13.9. The monoisotopic (exact) mass is 266 g/mol. The maximum Gasteiger partial charge on any atom is 0.200 e. The van der Waals surface area contributed by atoms with Gasteiger partial charge < -0.3 is 4.74 Å². The summed E-state index contributed by atoms with van der Waals surface area (Å²) in [7, 11) is 0. The Balaban J connectivity index is 1.75. The van der Waals surface area contributed by atoms with Crippen LogP contribution in [-0.4, -0.2) is 12.4 Å². The lowest BCUT2D eigenvalue weighted by Crippen LogP contribution is -2.12. The molecule has 0 saturated heterocycles. The van der Waals surface area contributed by atoms with Crippen LogP contribution in [0.3, 0.4) is 0 Å². The van der Waals surface area contributed by atoms with Crippen LogP contribution in [0.15, 0.2) is 42.5 Å². The number of rotatable bonds is 4. The Kier molecular flexibility index (Phi) is 3.55. The maximum atomic E-state index is 12.1. The highest BCUT2D eigenvalue weighted by atomic mass is 16.5. The number of hydrogen-bond donors (Lipinski definition) is 0. The Morgan fingerprint density at radius 2 is 1.95 bits per heavy atom. The van der Waals surface area contributed by atoms with Crippen LogP contribution < -0.4 is 4.74 Å². The van der Waals surface area contributed by atoms with Crippen molar-refractivity contribution in [2.45, 2.75) is 26.2 Å². The lowest BCUT2D eigenvalue weighted by molar-refractivity contribution is 0.0921. The van der Waals surface area contributed by atoms with Crippen molar-refractivity contribution in [3.8, 4) is 5.75 Å². The predicted octanol–water partition coefficient (Wildman–Crippen LogP) is 3.75. The fraction of sp³-hybridized carbons (Fsp3) is 0.278. The van der Waals surface area contributed by atoms with Gasteiger partial charge in [0.2, 0.25) is 0 Å². The smallest absolute Gasteiger partial charge is 0.200 e. The van der Waals surface area contributed by atoms with E-state index in [1.165, 1.54) is 23.1 Å². The van der Waals surface area contributed by atoms with Gasteiger partial charge in [0.1, 0.15) is 5.75 Å². The zero-order valence-corrected chi connectivity index (χ0v) is 11.7. The van der Waals surface area contributed by atoms with Crippen molar-refractivity contribution >= 4 is 5.78 Å². The minimum absolute atomic E-state index is 0.0267. The van der Waals surface area contributed by atoms with E-state index in [2.05, 4.69) is 13.0 Å². The van der Waals surface area contributed by atoms with Gasteiger partial charge in [-0.15, -0.1) is 0 Å². The van der Waals surface area contributed by atoms with Crippen molar-refractivity contribution in [2.75, 3.05) is 6.61 Å². The lowest BCUT2D eigenvalue weighted by atomic mass is 10.1. The molecular weight excluding hydrogens is 248 g/mol. The second kappa shape index (κ2) is 5.49. The van der Waals surface area contributed by atoms with Crippen LogP contribution in [0.5, 0.6) is 5.75 Å². The van der Waals surface area contributed by atoms with E-state index in [1.54, 1.807) is 0 Å². The summed E-state index contributed by atoms with van der Waals surface area (Å²) < 4.78 is 5.80. The molecule has 0 aliphatic heterocycles. The molecule has 2 aromatic rings. The van der Waals surface area contributed by atoms with E-state index in [0.29, 0.717) is 5.56 Å². The molecule has 2 aromatic carbocycles. The number of benzene rings is 2. The van der Waals surface area contributed by atoms with Gasteiger partial charge in [-0.25, -0.2) is 0 Å². The highest BCUT2D eigenvalue weighted by molar-refractivity contribution is 5.97. The molecule has 1 aliphatic carbocycles. The van der Waals surface area contributed by atoms with Crippen LogP contribution in [0, 0.1) is 6.92 Å². The molecule has 3 rings (SSSR count). The number of aryl methyl sites for hydroxylation is 2. The van der Waals surface area contributed by atoms with Gasteiger partial charge in [0.15, 0.2) is 12.4 Å². The van der Waals surface area contributed by atoms with E-state index in [9.17, 15) is 4.79 Å². The largest absolute Gasteiger partial charge is 0.485 e. The molecular formula is C18H18O2. The minimum atomic E-state index is 0.0267. The summed E-state index contributed by atoms with van der Waals surface area (Å²) in [5.74, 6) is 0.917. The molecule has 2 heteroatoms. The number of fused-ring (bicyclic) bond motifs is 1. The fourth-order valence-electron chi connectivity index (χ4n) is 2.80. The first kappa shape index (κ1) is 12.9. The van der Waals surface area contributed by atoms with Crippen molar-refractivity contribution in [2.24, 2.45) is 0 Å². The normalized spacial score (nSPS) is 13.1. The van der Waals surface area contributed by atoms with E-state index in [1.807, 2.05) is 36.4 Å². The van der Waals surface area contributed by atoms with Crippen molar-refractivity contribution < 1.29 is 9.53 Å². The van der Waals surface area contributed by atoms with Gasteiger partial charge in [-0.05, 0) is 48.9 Å². The van der Waals surface area contributed by atoms with Crippen LogP contribution in [0.2, 0.25) is 0 Å². The molecule has 0 saturated carbocycles. The highest BCUT2D eigenvalue weighted by Crippen LogP contribution is 2.32. The Hall–Kier alpha value is -2.09. The molecule has 0 fully saturated rings. The Bertz CT molecular complexity index is 629. The van der Waals surface area contributed by atoms with Crippen LogP contribution >= 0.6 is 0 Å². The van der Waals surface area contributed by atoms with E-state index >= 15 is 0 Å². The van der Waals surface area contributed by atoms with Crippen molar-refractivity contribution in [3.63, 3.8) is 0 Å². The van der Waals surface area contributed by atoms with Gasteiger partial charge in [0.05, 0.1) is 0 Å². The summed E-state index contributed by atoms with van der Waals surface area (Å²) in [5, 5.41) is 0. The Morgan fingerprint density at radius 1 is 1.15 bits per heavy atom. The summed E-state index contributed by atoms with van der Waals surface area (Å²) in [6.07, 6.45) is 3.37. The van der Waals surface area contributed by atoms with Gasteiger partial charge in [-0.3, -0.25) is 4.79 Å². The number of ether oxygens (including phenoxy) is 1. The zero-order valence-electron chi connectivity index (χ0n) is 11.7. The van der Waals surface area contributed by atoms with Gasteiger partial charge in [0, 0.05) is 5.56 Å². The molecule has 0 N–H and O–H groups in total. The second-order valence-electron chi connectivity index (χ2n) is 5.33. The highest BCUT2D eigenvalue weighted by Gasteiger charge is 2.17. The molecule has 0 atom stereocenters. The van der Waals surface area contributed by atoms with E-state index in [-0.39, 0.29) is 12.4 Å². The van der Waals surface area contributed by atoms with Crippen LogP contribution in [0.4, 0.5) is 0 Å².